The molecule has 0 spiro atoms. The molecule has 0 aliphatic rings. The number of likely N-dealkylation sites (N-methyl/N-ethyl adjacent to an activating group) is 1. The zero-order chi connectivity index (χ0) is 15.6. The van der Waals surface area contributed by atoms with Crippen LogP contribution in [0, 0.1) is 0 Å². The smallest absolute Gasteiger partial charge is 0.305 e. The largest absolute Gasteiger partial charge is 0.445 e. The summed E-state index contributed by atoms with van der Waals surface area (Å²) in [5.74, 6) is -0.546. The van der Waals surface area contributed by atoms with Gasteiger partial charge in [0.15, 0.2) is 0 Å². The highest BCUT2D eigenvalue weighted by molar-refractivity contribution is 7.15. The van der Waals surface area contributed by atoms with Gasteiger partial charge in [-0.1, -0.05) is 11.3 Å². The van der Waals surface area contributed by atoms with Gasteiger partial charge >= 0.3 is 6.18 Å². The molecule has 0 saturated heterocycles. The minimum absolute atomic E-state index is 0.212. The predicted octanol–water partition coefficient (Wildman–Crippen LogP) is 1.19. The summed E-state index contributed by atoms with van der Waals surface area (Å²) in [4.78, 5) is 12.1. The molecular formula is C10H11F3N6OS. The molecule has 0 bridgehead atoms. The first-order chi connectivity index (χ1) is 9.81. The van der Waals surface area contributed by atoms with Crippen molar-refractivity contribution in [2.24, 2.45) is 7.05 Å². The van der Waals surface area contributed by atoms with E-state index >= 15 is 0 Å². The summed E-state index contributed by atoms with van der Waals surface area (Å²) in [6.45, 7) is 0. The van der Waals surface area contributed by atoms with Crippen LogP contribution in [0.2, 0.25) is 0 Å². The molecule has 0 saturated carbocycles. The number of halogens is 3. The van der Waals surface area contributed by atoms with Crippen LogP contribution in [0.5, 0.6) is 0 Å². The third-order valence-electron chi connectivity index (χ3n) is 2.51. The summed E-state index contributed by atoms with van der Waals surface area (Å²) >= 11 is 0.269. The molecule has 11 heteroatoms. The Morgan fingerprint density at radius 1 is 1.43 bits per heavy atom. The molecule has 0 fully saturated rings. The maximum absolute atomic E-state index is 12.4. The number of alkyl halides is 3. The highest BCUT2D eigenvalue weighted by Gasteiger charge is 2.36. The van der Waals surface area contributed by atoms with E-state index in [2.05, 4.69) is 25.9 Å². The molecule has 1 unspecified atom stereocenters. The van der Waals surface area contributed by atoms with Crippen molar-refractivity contribution >= 4 is 22.4 Å². The predicted molar refractivity (Wildman–Crippen MR) is 68.5 cm³/mol. The quantitative estimate of drug-likeness (QED) is 0.884. The number of aromatic nitrogens is 4. The lowest BCUT2D eigenvalue weighted by Gasteiger charge is -2.12. The summed E-state index contributed by atoms with van der Waals surface area (Å²) in [7, 11) is 3.24. The molecule has 2 N–H and O–H groups in total. The number of anilines is 1. The minimum atomic E-state index is -4.58. The van der Waals surface area contributed by atoms with E-state index < -0.39 is 23.1 Å². The van der Waals surface area contributed by atoms with Crippen molar-refractivity contribution in [3.63, 3.8) is 0 Å². The van der Waals surface area contributed by atoms with E-state index in [9.17, 15) is 18.0 Å². The Bertz CT molecular complexity index is 637. The van der Waals surface area contributed by atoms with Crippen molar-refractivity contribution in [1.82, 2.24) is 25.3 Å². The van der Waals surface area contributed by atoms with Gasteiger partial charge in [-0.15, -0.1) is 10.2 Å². The first-order valence-corrected chi connectivity index (χ1v) is 6.50. The monoisotopic (exact) mass is 320 g/mol. The van der Waals surface area contributed by atoms with Crippen molar-refractivity contribution in [3.05, 3.63) is 23.0 Å². The van der Waals surface area contributed by atoms with E-state index in [-0.39, 0.29) is 16.5 Å². The maximum atomic E-state index is 12.4. The Hall–Kier alpha value is -2.01. The lowest BCUT2D eigenvalue weighted by Crippen LogP contribution is -2.30. The van der Waals surface area contributed by atoms with Gasteiger partial charge in [-0.3, -0.25) is 14.8 Å². The third-order valence-corrected chi connectivity index (χ3v) is 3.39. The number of amides is 1. The lowest BCUT2D eigenvalue weighted by atomic mass is 10.1. The molecule has 114 valence electrons. The van der Waals surface area contributed by atoms with Crippen LogP contribution in [0.15, 0.2) is 12.4 Å². The topological polar surface area (TPSA) is 84.7 Å². The number of hydrogen-bond acceptors (Lipinski definition) is 6. The Morgan fingerprint density at radius 2 is 2.14 bits per heavy atom. The first kappa shape index (κ1) is 15.4. The lowest BCUT2D eigenvalue weighted by molar-refractivity contribution is -0.138. The molecule has 2 rings (SSSR count). The molecule has 2 aromatic rings. The minimum Gasteiger partial charge on any atom is -0.305 e. The van der Waals surface area contributed by atoms with E-state index in [1.165, 1.54) is 10.9 Å². The van der Waals surface area contributed by atoms with Crippen molar-refractivity contribution < 1.29 is 18.0 Å². The van der Waals surface area contributed by atoms with Crippen LogP contribution in [-0.4, -0.2) is 32.9 Å². The van der Waals surface area contributed by atoms with Crippen LogP contribution >= 0.6 is 11.3 Å². The van der Waals surface area contributed by atoms with Crippen LogP contribution in [0.3, 0.4) is 0 Å². The number of nitrogens with one attached hydrogen (secondary N) is 2. The van der Waals surface area contributed by atoms with Gasteiger partial charge < -0.3 is 5.32 Å². The molecule has 1 atom stereocenters. The fourth-order valence-electron chi connectivity index (χ4n) is 1.60. The molecule has 21 heavy (non-hydrogen) atoms. The van der Waals surface area contributed by atoms with Gasteiger partial charge in [-0.25, -0.2) is 0 Å². The zero-order valence-electron chi connectivity index (χ0n) is 11.0. The second kappa shape index (κ2) is 5.77. The highest BCUT2D eigenvalue weighted by Crippen LogP contribution is 2.33. The Morgan fingerprint density at radius 3 is 2.62 bits per heavy atom. The first-order valence-electron chi connectivity index (χ1n) is 5.68. The van der Waals surface area contributed by atoms with Crippen LogP contribution in [0.4, 0.5) is 18.3 Å². The second-order valence-corrected chi connectivity index (χ2v) is 5.05. The van der Waals surface area contributed by atoms with Crippen LogP contribution in [0.1, 0.15) is 16.6 Å². The SMILES string of the molecule is CNC(C(=O)Nc1nnc(C(F)(F)F)s1)c1cnn(C)c1. The Kier molecular flexibility index (Phi) is 4.23. The summed E-state index contributed by atoms with van der Waals surface area (Å²) in [6.07, 6.45) is -1.46. The van der Waals surface area contributed by atoms with E-state index in [0.717, 1.165) is 0 Å². The average molecular weight is 320 g/mol. The summed E-state index contributed by atoms with van der Waals surface area (Å²) in [5, 5.41) is 14.0. The van der Waals surface area contributed by atoms with Crippen molar-refractivity contribution in [1.29, 1.82) is 0 Å². The summed E-state index contributed by atoms with van der Waals surface area (Å²) in [6, 6.07) is -0.753. The molecular weight excluding hydrogens is 309 g/mol. The van der Waals surface area contributed by atoms with Crippen molar-refractivity contribution in [2.45, 2.75) is 12.2 Å². The van der Waals surface area contributed by atoms with Gasteiger partial charge in [0.25, 0.3) is 0 Å². The average Bonchev–Trinajstić information content (AvgIpc) is 2.99. The van der Waals surface area contributed by atoms with Crippen molar-refractivity contribution in [3.8, 4) is 0 Å². The Labute approximate surface area is 121 Å². The molecule has 2 aromatic heterocycles. The number of aryl methyl sites for hydroxylation is 1. The standard InChI is InChI=1S/C10H11F3N6OS/c1-14-6(5-3-15-19(2)4-5)7(20)16-9-18-17-8(21-9)10(11,12)13/h3-4,6,14H,1-2H3,(H,16,18,20). The summed E-state index contributed by atoms with van der Waals surface area (Å²) in [5.41, 5.74) is 0.582. The number of carbonyl (C=O) groups excluding carboxylic acids is 1. The van der Waals surface area contributed by atoms with Gasteiger partial charge in [0, 0.05) is 18.8 Å². The number of nitrogens with zero attached hydrogens (tertiary/aromatic N) is 4. The van der Waals surface area contributed by atoms with Gasteiger partial charge in [-0.05, 0) is 7.05 Å². The molecule has 0 aliphatic heterocycles. The molecule has 0 aliphatic carbocycles. The van der Waals surface area contributed by atoms with E-state index in [1.807, 2.05) is 0 Å². The van der Waals surface area contributed by atoms with E-state index in [0.29, 0.717) is 5.56 Å². The molecule has 1 amide bonds. The van der Waals surface area contributed by atoms with Gasteiger partial charge in [0.1, 0.15) is 6.04 Å². The summed E-state index contributed by atoms with van der Waals surface area (Å²) < 4.78 is 38.7. The van der Waals surface area contributed by atoms with E-state index in [4.69, 9.17) is 0 Å². The van der Waals surface area contributed by atoms with Crippen molar-refractivity contribution in [2.75, 3.05) is 12.4 Å². The molecule has 2 heterocycles. The van der Waals surface area contributed by atoms with Crippen LogP contribution in [0.25, 0.3) is 0 Å². The highest BCUT2D eigenvalue weighted by atomic mass is 32.1. The van der Waals surface area contributed by atoms with Crippen LogP contribution in [-0.2, 0) is 18.0 Å². The maximum Gasteiger partial charge on any atom is 0.445 e. The van der Waals surface area contributed by atoms with Crippen LogP contribution < -0.4 is 10.6 Å². The van der Waals surface area contributed by atoms with Gasteiger partial charge in [0.2, 0.25) is 16.0 Å². The van der Waals surface area contributed by atoms with Gasteiger partial charge in [0.05, 0.1) is 6.20 Å². The number of hydrogen-bond donors (Lipinski definition) is 2. The Balaban J connectivity index is 2.11. The number of carbonyl (C=O) groups is 1. The molecule has 0 aromatic carbocycles. The molecule has 0 radical (unpaired) electrons. The molecule has 7 nitrogen and oxygen atoms in total. The fourth-order valence-corrected chi connectivity index (χ4v) is 2.22. The fraction of sp³-hybridized carbons (Fsp3) is 0.400. The second-order valence-electron chi connectivity index (χ2n) is 4.07. The van der Waals surface area contributed by atoms with E-state index in [1.54, 1.807) is 20.3 Å². The number of rotatable bonds is 4. The zero-order valence-corrected chi connectivity index (χ0v) is 11.8. The normalized spacial score (nSPS) is 13.2. The van der Waals surface area contributed by atoms with Gasteiger partial charge in [-0.2, -0.15) is 18.3 Å². The third kappa shape index (κ3) is 3.55.